The van der Waals surface area contributed by atoms with Crippen LogP contribution >= 0.6 is 0 Å². The van der Waals surface area contributed by atoms with Gasteiger partial charge in [-0.2, -0.15) is 0 Å². The fourth-order valence-electron chi connectivity index (χ4n) is 6.37. The number of fused-ring (bicyclic) bond motifs is 2. The van der Waals surface area contributed by atoms with E-state index in [-0.39, 0.29) is 68.9 Å². The fourth-order valence-corrected chi connectivity index (χ4v) is 8.35. The van der Waals surface area contributed by atoms with Gasteiger partial charge in [0.05, 0.1) is 9.79 Å². The van der Waals surface area contributed by atoms with Crippen molar-refractivity contribution in [3.63, 3.8) is 0 Å². The van der Waals surface area contributed by atoms with Gasteiger partial charge in [0.25, 0.3) is 0 Å². The topological polar surface area (TPSA) is 114 Å². The first-order valence-corrected chi connectivity index (χ1v) is 21.2. The third kappa shape index (κ3) is 15.1. The van der Waals surface area contributed by atoms with Gasteiger partial charge < -0.3 is 9.11 Å². The van der Waals surface area contributed by atoms with Crippen LogP contribution in [0.4, 0.5) is 0 Å². The number of benzene rings is 5. The molecule has 0 unspecified atom stereocenters. The summed E-state index contributed by atoms with van der Waals surface area (Å²) in [5.74, 6) is 0. The van der Waals surface area contributed by atoms with Gasteiger partial charge >= 0.3 is 59.1 Å². The smallest absolute Gasteiger partial charge is 0.744 e. The molecule has 5 rings (SSSR count). The van der Waals surface area contributed by atoms with E-state index in [1.165, 1.54) is 5.56 Å². The summed E-state index contributed by atoms with van der Waals surface area (Å²) in [7, 11) is -8.98. The van der Waals surface area contributed by atoms with E-state index in [9.17, 15) is 25.9 Å². The molecule has 10 heteroatoms. The molecule has 53 heavy (non-hydrogen) atoms. The number of hydrogen-bond donors (Lipinski definition) is 0. The SMILES string of the molecule is CCCCc1cc2ccccc2c(S(=O)(=O)[O-])c1CCCC.CCCCc1cc2ccccc2c(S(=O)(=O)[O-])c1CCCC.Cc1ccccc1.[Na+].[Na+]. The van der Waals surface area contributed by atoms with Gasteiger partial charge in [-0.3, -0.25) is 0 Å². The zero-order valence-electron chi connectivity index (χ0n) is 32.9. The van der Waals surface area contributed by atoms with Crippen LogP contribution in [0, 0.1) is 6.92 Å². The van der Waals surface area contributed by atoms with Crippen LogP contribution in [0.3, 0.4) is 0 Å². The van der Waals surface area contributed by atoms with E-state index >= 15 is 0 Å². The summed E-state index contributed by atoms with van der Waals surface area (Å²) >= 11 is 0. The zero-order valence-corrected chi connectivity index (χ0v) is 38.5. The van der Waals surface area contributed by atoms with E-state index < -0.39 is 20.2 Å². The van der Waals surface area contributed by atoms with Crippen LogP contribution in [0.1, 0.15) is 107 Å². The standard InChI is InChI=1S/2C18H24O3S.C7H8.2Na/c2*1-3-5-9-14-13-15-10-7-8-12-17(15)18(22(19,20)21)16(14)11-6-4-2;1-7-5-3-2-4-6-7;;/h2*7-8,10,12-13H,3-6,9,11H2,1-2H3,(H,19,20,21);2-6H,1H3;;/q;;;2*+1/p-2. The second-order valence-electron chi connectivity index (χ2n) is 13.1. The molecule has 0 aliphatic heterocycles. The van der Waals surface area contributed by atoms with Crippen molar-refractivity contribution >= 4 is 41.8 Å². The van der Waals surface area contributed by atoms with Crippen LogP contribution in [0.2, 0.25) is 0 Å². The van der Waals surface area contributed by atoms with E-state index in [4.69, 9.17) is 0 Å². The van der Waals surface area contributed by atoms with Gasteiger partial charge in [-0.25, -0.2) is 16.8 Å². The first kappa shape index (κ1) is 49.5. The Morgan fingerprint density at radius 1 is 0.472 bits per heavy atom. The summed E-state index contributed by atoms with van der Waals surface area (Å²) in [6.45, 7) is 10.4. The first-order valence-electron chi connectivity index (χ1n) is 18.4. The summed E-state index contributed by atoms with van der Waals surface area (Å²) in [5.41, 5.74) is 4.84. The minimum absolute atomic E-state index is 0. The van der Waals surface area contributed by atoms with Gasteiger partial charge in [0, 0.05) is 0 Å². The monoisotopic (exact) mass is 776 g/mol. The van der Waals surface area contributed by atoms with E-state index in [2.05, 4.69) is 58.9 Å². The summed E-state index contributed by atoms with van der Waals surface area (Å²) in [6.07, 6.45) is 10.7. The van der Waals surface area contributed by atoms with Crippen LogP contribution in [0.5, 0.6) is 0 Å². The maximum atomic E-state index is 11.9. The largest absolute Gasteiger partial charge is 1.00 e. The average Bonchev–Trinajstić information content (AvgIpc) is 3.10. The Hall–Kier alpha value is -1.56. The van der Waals surface area contributed by atoms with Crippen molar-refractivity contribution in [2.45, 2.75) is 121 Å². The molecule has 0 spiro atoms. The van der Waals surface area contributed by atoms with E-state index in [0.717, 1.165) is 97.2 Å². The van der Waals surface area contributed by atoms with E-state index in [1.54, 1.807) is 24.3 Å². The van der Waals surface area contributed by atoms with Crippen molar-refractivity contribution in [3.05, 3.63) is 119 Å². The van der Waals surface area contributed by atoms with Crippen LogP contribution in [-0.4, -0.2) is 25.9 Å². The van der Waals surface area contributed by atoms with Gasteiger partial charge in [-0.1, -0.05) is 150 Å². The average molecular weight is 777 g/mol. The Bertz CT molecular complexity index is 1930. The number of unbranched alkanes of at least 4 members (excludes halogenated alkanes) is 4. The third-order valence-corrected chi connectivity index (χ3v) is 10.9. The predicted molar refractivity (Wildman–Crippen MR) is 209 cm³/mol. The molecule has 0 amide bonds. The Balaban J connectivity index is 0.000000434. The maximum absolute atomic E-state index is 11.9. The molecular formula is C43H54Na2O6S2. The molecule has 5 aromatic rings. The summed E-state index contributed by atoms with van der Waals surface area (Å²) in [6, 6.07) is 28.9. The molecule has 5 aromatic carbocycles. The quantitative estimate of drug-likeness (QED) is 0.118. The molecule has 0 aliphatic rings. The molecule has 0 atom stereocenters. The molecule has 6 nitrogen and oxygen atoms in total. The van der Waals surface area contributed by atoms with Crippen molar-refractivity contribution in [1.29, 1.82) is 0 Å². The minimum atomic E-state index is -4.49. The Labute approximate surface area is 363 Å². The van der Waals surface area contributed by atoms with Crippen molar-refractivity contribution in [1.82, 2.24) is 0 Å². The summed E-state index contributed by atoms with van der Waals surface area (Å²) in [5, 5.41) is 2.79. The number of rotatable bonds is 14. The number of hydrogen-bond acceptors (Lipinski definition) is 6. The van der Waals surface area contributed by atoms with Crippen LogP contribution in [0.15, 0.2) is 101 Å². The molecule has 0 aromatic heterocycles. The molecule has 0 saturated heterocycles. The van der Waals surface area contributed by atoms with Crippen LogP contribution in [-0.2, 0) is 45.9 Å². The van der Waals surface area contributed by atoms with Crippen molar-refractivity contribution in [2.75, 3.05) is 0 Å². The molecule has 0 bridgehead atoms. The molecule has 0 N–H and O–H groups in total. The molecule has 0 fully saturated rings. The molecule has 0 heterocycles. The van der Waals surface area contributed by atoms with Crippen LogP contribution in [0.25, 0.3) is 21.5 Å². The summed E-state index contributed by atoms with van der Waals surface area (Å²) in [4.78, 5) is 0.00954. The summed E-state index contributed by atoms with van der Waals surface area (Å²) < 4.78 is 71.4. The zero-order chi connectivity index (χ0) is 37.4. The molecule has 0 radical (unpaired) electrons. The fraction of sp³-hybridized carbons (Fsp3) is 0.395. The van der Waals surface area contributed by atoms with Crippen molar-refractivity contribution < 1.29 is 85.1 Å². The second kappa shape index (κ2) is 24.8. The molecular weight excluding hydrogens is 723 g/mol. The van der Waals surface area contributed by atoms with Crippen molar-refractivity contribution in [2.24, 2.45) is 0 Å². The second-order valence-corrected chi connectivity index (χ2v) is 15.7. The van der Waals surface area contributed by atoms with Crippen LogP contribution < -0.4 is 59.1 Å². The third-order valence-electron chi connectivity index (χ3n) is 8.99. The number of aryl methyl sites for hydroxylation is 3. The van der Waals surface area contributed by atoms with E-state index in [1.807, 2.05) is 42.5 Å². The molecule has 0 aliphatic carbocycles. The normalized spacial score (nSPS) is 11.1. The van der Waals surface area contributed by atoms with Gasteiger partial charge in [0.1, 0.15) is 20.2 Å². The minimum Gasteiger partial charge on any atom is -0.744 e. The maximum Gasteiger partial charge on any atom is 1.00 e. The van der Waals surface area contributed by atoms with Crippen molar-refractivity contribution in [3.8, 4) is 0 Å². The molecule has 276 valence electrons. The van der Waals surface area contributed by atoms with Gasteiger partial charge in [0.2, 0.25) is 0 Å². The predicted octanol–water partition coefficient (Wildman–Crippen LogP) is 4.86. The van der Waals surface area contributed by atoms with E-state index in [0.29, 0.717) is 23.6 Å². The Morgan fingerprint density at radius 2 is 0.792 bits per heavy atom. The Kier molecular flexibility index (Phi) is 23.2. The molecule has 0 saturated carbocycles. The van der Waals surface area contributed by atoms with Gasteiger partial charge in [-0.05, 0) is 102 Å². The first-order chi connectivity index (χ1) is 24.4. The van der Waals surface area contributed by atoms with Gasteiger partial charge in [-0.15, -0.1) is 0 Å². The van der Waals surface area contributed by atoms with Gasteiger partial charge in [0.15, 0.2) is 0 Å². The Morgan fingerprint density at radius 3 is 1.09 bits per heavy atom.